The first-order chi connectivity index (χ1) is 6.74. The minimum atomic E-state index is 0.722. The molecule has 3 N–H and O–H groups in total. The lowest BCUT2D eigenvalue weighted by atomic mass is 10.1. The summed E-state index contributed by atoms with van der Waals surface area (Å²) in [6, 6.07) is 5.68. The van der Waals surface area contributed by atoms with Gasteiger partial charge in [-0.05, 0) is 43.6 Å². The van der Waals surface area contributed by atoms with E-state index in [0.29, 0.717) is 0 Å². The quantitative estimate of drug-likeness (QED) is 0.581. The summed E-state index contributed by atoms with van der Waals surface area (Å²) in [5.41, 5.74) is 7.48. The Labute approximate surface area is 90.4 Å². The molecule has 0 aliphatic carbocycles. The fraction of sp³-hybridized carbons (Fsp3) is 0.455. The first-order valence-electron chi connectivity index (χ1n) is 4.98. The Balaban J connectivity index is 2.42. The zero-order valence-corrected chi connectivity index (χ0v) is 9.27. The summed E-state index contributed by atoms with van der Waals surface area (Å²) in [7, 11) is 0. The van der Waals surface area contributed by atoms with Crippen LogP contribution in [0.1, 0.15) is 18.9 Å². The van der Waals surface area contributed by atoms with Crippen molar-refractivity contribution in [1.82, 2.24) is 5.32 Å². The standard InChI is InChI=1S/C11H17ClN2/c1-2-6-14-7-5-9-3-4-10(13)8-11(9)12/h3-4,8,14H,2,5-7,13H2,1H3. The average molecular weight is 213 g/mol. The fourth-order valence-electron chi connectivity index (χ4n) is 1.29. The van der Waals surface area contributed by atoms with Gasteiger partial charge in [-0.3, -0.25) is 0 Å². The number of benzene rings is 1. The summed E-state index contributed by atoms with van der Waals surface area (Å²) in [5.74, 6) is 0. The summed E-state index contributed by atoms with van der Waals surface area (Å²) < 4.78 is 0. The molecule has 0 saturated heterocycles. The van der Waals surface area contributed by atoms with Crippen LogP contribution in [-0.4, -0.2) is 13.1 Å². The molecule has 0 spiro atoms. The van der Waals surface area contributed by atoms with Gasteiger partial charge in [0.05, 0.1) is 0 Å². The summed E-state index contributed by atoms with van der Waals surface area (Å²) in [5, 5.41) is 4.10. The van der Waals surface area contributed by atoms with Gasteiger partial charge in [0.25, 0.3) is 0 Å². The Morgan fingerprint density at radius 1 is 1.36 bits per heavy atom. The van der Waals surface area contributed by atoms with Crippen molar-refractivity contribution in [2.45, 2.75) is 19.8 Å². The van der Waals surface area contributed by atoms with Gasteiger partial charge in [-0.1, -0.05) is 24.6 Å². The van der Waals surface area contributed by atoms with Crippen molar-refractivity contribution in [3.05, 3.63) is 28.8 Å². The van der Waals surface area contributed by atoms with Gasteiger partial charge in [-0.15, -0.1) is 0 Å². The summed E-state index contributed by atoms with van der Waals surface area (Å²) in [6.07, 6.45) is 2.12. The van der Waals surface area contributed by atoms with Gasteiger partial charge in [0, 0.05) is 10.7 Å². The highest BCUT2D eigenvalue weighted by Crippen LogP contribution is 2.19. The topological polar surface area (TPSA) is 38.0 Å². The van der Waals surface area contributed by atoms with E-state index in [0.717, 1.165) is 42.2 Å². The molecule has 0 atom stereocenters. The van der Waals surface area contributed by atoms with Gasteiger partial charge in [-0.25, -0.2) is 0 Å². The van der Waals surface area contributed by atoms with Crippen LogP contribution < -0.4 is 11.1 Å². The van der Waals surface area contributed by atoms with Crippen molar-refractivity contribution in [2.75, 3.05) is 18.8 Å². The Kier molecular flexibility index (Phi) is 4.77. The molecule has 0 heterocycles. The van der Waals surface area contributed by atoms with Crippen molar-refractivity contribution in [3.63, 3.8) is 0 Å². The highest BCUT2D eigenvalue weighted by atomic mass is 35.5. The summed E-state index contributed by atoms with van der Waals surface area (Å²) in [6.45, 7) is 4.19. The predicted molar refractivity (Wildman–Crippen MR) is 62.7 cm³/mol. The number of halogens is 1. The van der Waals surface area contributed by atoms with E-state index >= 15 is 0 Å². The third-order valence-corrected chi connectivity index (χ3v) is 2.43. The molecule has 0 radical (unpaired) electrons. The third-order valence-electron chi connectivity index (χ3n) is 2.08. The van der Waals surface area contributed by atoms with Crippen molar-refractivity contribution in [2.24, 2.45) is 0 Å². The molecular weight excluding hydrogens is 196 g/mol. The van der Waals surface area contributed by atoms with Gasteiger partial charge in [0.2, 0.25) is 0 Å². The third kappa shape index (κ3) is 3.56. The first-order valence-corrected chi connectivity index (χ1v) is 5.36. The molecule has 0 aromatic heterocycles. The predicted octanol–water partition coefficient (Wildman–Crippen LogP) is 2.46. The van der Waals surface area contributed by atoms with Crippen molar-refractivity contribution in [1.29, 1.82) is 0 Å². The molecule has 0 unspecified atom stereocenters. The summed E-state index contributed by atoms with van der Waals surface area (Å²) >= 11 is 6.03. The molecule has 3 heteroatoms. The number of nitrogen functional groups attached to an aromatic ring is 1. The molecule has 0 aliphatic rings. The van der Waals surface area contributed by atoms with Crippen molar-refractivity contribution >= 4 is 17.3 Å². The molecule has 1 rings (SSSR count). The maximum absolute atomic E-state index is 6.03. The van der Waals surface area contributed by atoms with E-state index in [1.807, 2.05) is 12.1 Å². The summed E-state index contributed by atoms with van der Waals surface area (Å²) in [4.78, 5) is 0. The smallest absolute Gasteiger partial charge is 0.0458 e. The largest absolute Gasteiger partial charge is 0.399 e. The second-order valence-corrected chi connectivity index (χ2v) is 3.76. The van der Waals surface area contributed by atoms with E-state index in [1.54, 1.807) is 6.07 Å². The van der Waals surface area contributed by atoms with Crippen LogP contribution >= 0.6 is 11.6 Å². The Morgan fingerprint density at radius 3 is 2.79 bits per heavy atom. The normalized spacial score (nSPS) is 10.4. The van der Waals surface area contributed by atoms with Crippen LogP contribution in [0.25, 0.3) is 0 Å². The molecular formula is C11H17ClN2. The lowest BCUT2D eigenvalue weighted by molar-refractivity contribution is 0.671. The lowest BCUT2D eigenvalue weighted by Gasteiger charge is -2.06. The average Bonchev–Trinajstić information content (AvgIpc) is 2.15. The Morgan fingerprint density at radius 2 is 2.14 bits per heavy atom. The van der Waals surface area contributed by atoms with Crippen LogP contribution in [0.4, 0.5) is 5.69 Å². The van der Waals surface area contributed by atoms with E-state index in [2.05, 4.69) is 12.2 Å². The highest BCUT2D eigenvalue weighted by molar-refractivity contribution is 6.31. The molecule has 0 fully saturated rings. The van der Waals surface area contributed by atoms with Gasteiger partial charge in [0.1, 0.15) is 0 Å². The van der Waals surface area contributed by atoms with Crippen LogP contribution in [0, 0.1) is 0 Å². The minimum Gasteiger partial charge on any atom is -0.399 e. The number of anilines is 1. The van der Waals surface area contributed by atoms with E-state index in [-0.39, 0.29) is 0 Å². The van der Waals surface area contributed by atoms with Crippen molar-refractivity contribution < 1.29 is 0 Å². The zero-order valence-electron chi connectivity index (χ0n) is 8.52. The zero-order chi connectivity index (χ0) is 10.4. The molecule has 0 bridgehead atoms. The van der Waals surface area contributed by atoms with Gasteiger partial charge < -0.3 is 11.1 Å². The second-order valence-electron chi connectivity index (χ2n) is 3.35. The minimum absolute atomic E-state index is 0.722. The number of nitrogens with one attached hydrogen (secondary N) is 1. The van der Waals surface area contributed by atoms with E-state index in [9.17, 15) is 0 Å². The lowest BCUT2D eigenvalue weighted by Crippen LogP contribution is -2.17. The Bertz CT molecular complexity index is 287. The molecule has 1 aromatic carbocycles. The first kappa shape index (κ1) is 11.3. The number of rotatable bonds is 5. The Hall–Kier alpha value is -0.730. The van der Waals surface area contributed by atoms with Crippen LogP contribution in [0.3, 0.4) is 0 Å². The van der Waals surface area contributed by atoms with Gasteiger partial charge in [-0.2, -0.15) is 0 Å². The molecule has 0 amide bonds. The monoisotopic (exact) mass is 212 g/mol. The fourth-order valence-corrected chi connectivity index (χ4v) is 1.57. The molecule has 2 nitrogen and oxygen atoms in total. The van der Waals surface area contributed by atoms with Crippen molar-refractivity contribution in [3.8, 4) is 0 Å². The van der Waals surface area contributed by atoms with Gasteiger partial charge >= 0.3 is 0 Å². The molecule has 0 aliphatic heterocycles. The number of nitrogens with two attached hydrogens (primary N) is 1. The van der Waals surface area contributed by atoms with Gasteiger partial charge in [0.15, 0.2) is 0 Å². The number of hydrogen-bond donors (Lipinski definition) is 2. The van der Waals surface area contributed by atoms with E-state index < -0.39 is 0 Å². The van der Waals surface area contributed by atoms with Crippen LogP contribution in [0.2, 0.25) is 5.02 Å². The van der Waals surface area contributed by atoms with E-state index in [4.69, 9.17) is 17.3 Å². The molecule has 1 aromatic rings. The maximum atomic E-state index is 6.03. The second kappa shape index (κ2) is 5.89. The molecule has 0 saturated carbocycles. The number of hydrogen-bond acceptors (Lipinski definition) is 2. The SMILES string of the molecule is CCCNCCc1ccc(N)cc1Cl. The van der Waals surface area contributed by atoms with Crippen LogP contribution in [-0.2, 0) is 6.42 Å². The maximum Gasteiger partial charge on any atom is 0.0458 e. The molecule has 14 heavy (non-hydrogen) atoms. The van der Waals surface area contributed by atoms with E-state index in [1.165, 1.54) is 0 Å². The molecule has 78 valence electrons. The highest BCUT2D eigenvalue weighted by Gasteiger charge is 1.99. The van der Waals surface area contributed by atoms with Crippen LogP contribution in [0.5, 0.6) is 0 Å². The van der Waals surface area contributed by atoms with Crippen LogP contribution in [0.15, 0.2) is 18.2 Å².